The Balaban J connectivity index is 2.21. The molecular weight excluding hydrogens is 332 g/mol. The number of fused-ring (bicyclic) bond motifs is 1. The Morgan fingerprint density at radius 2 is 2.12 bits per heavy atom. The van der Waals surface area contributed by atoms with Gasteiger partial charge >= 0.3 is 5.97 Å². The third kappa shape index (κ3) is 2.56. The molecule has 8 nitrogen and oxygen atoms in total. The highest BCUT2D eigenvalue weighted by Gasteiger charge is 2.35. The molecule has 2 aromatic rings. The first-order valence-corrected chi connectivity index (χ1v) is 8.27. The number of carbonyl (C=O) groups is 1. The maximum Gasteiger partial charge on any atom is 0.338 e. The molecule has 2 heterocycles. The smallest absolute Gasteiger partial charge is 0.338 e. The topological polar surface area (TPSA) is 110 Å². The first-order valence-electron chi connectivity index (χ1n) is 7.04. The van der Waals surface area contributed by atoms with Gasteiger partial charge in [-0.1, -0.05) is 17.8 Å². The van der Waals surface area contributed by atoms with E-state index in [1.54, 1.807) is 17.7 Å². The molecule has 1 aliphatic heterocycles. The maximum atomic E-state index is 12.3. The van der Waals surface area contributed by atoms with E-state index in [0.29, 0.717) is 27.9 Å². The largest absolute Gasteiger partial charge is 0.504 e. The van der Waals surface area contributed by atoms with Gasteiger partial charge in [-0.25, -0.2) is 9.48 Å². The van der Waals surface area contributed by atoms with Crippen LogP contribution in [0.25, 0.3) is 0 Å². The van der Waals surface area contributed by atoms with Crippen LogP contribution in [0.3, 0.4) is 0 Å². The zero-order chi connectivity index (χ0) is 17.4. The molecule has 0 unspecified atom stereocenters. The van der Waals surface area contributed by atoms with E-state index in [0.717, 1.165) is 0 Å². The van der Waals surface area contributed by atoms with Crippen LogP contribution in [0.4, 0.5) is 5.95 Å². The van der Waals surface area contributed by atoms with Crippen LogP contribution in [0.1, 0.15) is 18.5 Å². The fourth-order valence-corrected chi connectivity index (χ4v) is 2.96. The van der Waals surface area contributed by atoms with E-state index in [9.17, 15) is 15.0 Å². The molecule has 0 radical (unpaired) electrons. The first kappa shape index (κ1) is 16.2. The molecule has 3 N–H and O–H groups in total. The van der Waals surface area contributed by atoms with Gasteiger partial charge in [0.25, 0.3) is 0 Å². The molecule has 126 valence electrons. The maximum absolute atomic E-state index is 12.3. The van der Waals surface area contributed by atoms with Crippen molar-refractivity contribution >= 4 is 23.7 Å². The zero-order valence-electron chi connectivity index (χ0n) is 13.3. The molecule has 0 spiro atoms. The SMILES string of the molecule is COC(=O)C1=C(C)Nc2nc(SC)nn2[C@@H]1c1ccc(O)c(O)c1. The van der Waals surface area contributed by atoms with Crippen LogP contribution in [0, 0.1) is 0 Å². The van der Waals surface area contributed by atoms with Crippen molar-refractivity contribution in [3.63, 3.8) is 0 Å². The van der Waals surface area contributed by atoms with Gasteiger partial charge in [0.05, 0.1) is 12.7 Å². The van der Waals surface area contributed by atoms with E-state index in [2.05, 4.69) is 15.4 Å². The van der Waals surface area contributed by atoms with Crippen molar-refractivity contribution in [3.05, 3.63) is 35.0 Å². The second kappa shape index (κ2) is 6.08. The number of nitrogens with zero attached hydrogens (tertiary/aromatic N) is 3. The van der Waals surface area contributed by atoms with Crippen LogP contribution in [0.5, 0.6) is 11.5 Å². The Morgan fingerprint density at radius 3 is 2.75 bits per heavy atom. The van der Waals surface area contributed by atoms with Gasteiger partial charge in [0.2, 0.25) is 11.1 Å². The number of hydrogen-bond donors (Lipinski definition) is 3. The quantitative estimate of drug-likeness (QED) is 0.438. The highest BCUT2D eigenvalue weighted by atomic mass is 32.2. The third-order valence-electron chi connectivity index (χ3n) is 3.74. The summed E-state index contributed by atoms with van der Waals surface area (Å²) in [5.74, 6) is -0.539. The number of rotatable bonds is 3. The predicted octanol–water partition coefficient (Wildman–Crippen LogP) is 1.87. The van der Waals surface area contributed by atoms with Crippen LogP contribution in [0.2, 0.25) is 0 Å². The number of methoxy groups -OCH3 is 1. The fourth-order valence-electron chi connectivity index (χ4n) is 2.61. The second-order valence-corrected chi connectivity index (χ2v) is 5.95. The summed E-state index contributed by atoms with van der Waals surface area (Å²) >= 11 is 1.37. The van der Waals surface area contributed by atoms with Crippen LogP contribution >= 0.6 is 11.8 Å². The number of phenols is 2. The van der Waals surface area contributed by atoms with Crippen LogP contribution in [-0.2, 0) is 9.53 Å². The third-order valence-corrected chi connectivity index (χ3v) is 4.27. The molecule has 1 aliphatic rings. The number of thioether (sulfide) groups is 1. The van der Waals surface area contributed by atoms with E-state index in [1.165, 1.54) is 31.0 Å². The summed E-state index contributed by atoms with van der Waals surface area (Å²) in [6.45, 7) is 1.75. The van der Waals surface area contributed by atoms with Gasteiger partial charge in [-0.15, -0.1) is 5.10 Å². The molecule has 0 bridgehead atoms. The number of ether oxygens (including phenoxy) is 1. The highest BCUT2D eigenvalue weighted by molar-refractivity contribution is 7.98. The lowest BCUT2D eigenvalue weighted by Gasteiger charge is -2.27. The van der Waals surface area contributed by atoms with Gasteiger partial charge < -0.3 is 20.3 Å². The molecule has 0 saturated carbocycles. The van der Waals surface area contributed by atoms with Crippen molar-refractivity contribution in [2.75, 3.05) is 18.7 Å². The number of hydrogen-bond acceptors (Lipinski definition) is 8. The standard InChI is InChI=1S/C15H16N4O4S/c1-7-11(13(22)23-2)12(8-4-5-9(20)10(21)6-8)19-14(16-7)17-15(18-19)24-3/h4-6,12,20-21H,1-3H3,(H,16,17,18)/t12-/m1/s1. The monoisotopic (exact) mass is 348 g/mol. The van der Waals surface area contributed by atoms with E-state index in [1.807, 2.05) is 6.26 Å². The Hall–Kier alpha value is -2.68. The molecule has 3 rings (SSSR count). The van der Waals surface area contributed by atoms with Crippen LogP contribution in [0.15, 0.2) is 34.6 Å². The summed E-state index contributed by atoms with van der Waals surface area (Å²) in [5.41, 5.74) is 1.52. The average Bonchev–Trinajstić information content (AvgIpc) is 2.98. The molecule has 0 saturated heterocycles. The number of aromatic hydroxyl groups is 2. The van der Waals surface area contributed by atoms with E-state index in [-0.39, 0.29) is 11.5 Å². The van der Waals surface area contributed by atoms with E-state index in [4.69, 9.17) is 4.74 Å². The Morgan fingerprint density at radius 1 is 1.38 bits per heavy atom. The predicted molar refractivity (Wildman–Crippen MR) is 88.1 cm³/mol. The number of carbonyl (C=O) groups excluding carboxylic acids is 1. The van der Waals surface area contributed by atoms with Crippen LogP contribution in [-0.4, -0.2) is 44.3 Å². The lowest BCUT2D eigenvalue weighted by molar-refractivity contribution is -0.136. The molecule has 0 amide bonds. The summed E-state index contributed by atoms with van der Waals surface area (Å²) < 4.78 is 6.46. The van der Waals surface area contributed by atoms with Crippen molar-refractivity contribution in [3.8, 4) is 11.5 Å². The van der Waals surface area contributed by atoms with Gasteiger partial charge in [0.1, 0.15) is 6.04 Å². The van der Waals surface area contributed by atoms with Crippen molar-refractivity contribution < 1.29 is 19.7 Å². The number of phenolic OH excluding ortho intramolecular Hbond substituents is 2. The van der Waals surface area contributed by atoms with Gasteiger partial charge in [0, 0.05) is 5.70 Å². The van der Waals surface area contributed by atoms with Crippen molar-refractivity contribution in [1.82, 2.24) is 14.8 Å². The second-order valence-electron chi connectivity index (χ2n) is 5.17. The van der Waals surface area contributed by atoms with Crippen molar-refractivity contribution in [2.24, 2.45) is 0 Å². The fraction of sp³-hybridized carbons (Fsp3) is 0.267. The summed E-state index contributed by atoms with van der Waals surface area (Å²) in [6.07, 6.45) is 1.85. The normalized spacial score (nSPS) is 16.5. The molecular formula is C15H16N4O4S. The summed E-state index contributed by atoms with van der Waals surface area (Å²) in [4.78, 5) is 16.7. The molecule has 24 heavy (non-hydrogen) atoms. The Labute approximate surface area is 142 Å². The minimum absolute atomic E-state index is 0.239. The van der Waals surface area contributed by atoms with Crippen LogP contribution < -0.4 is 5.32 Å². The molecule has 9 heteroatoms. The molecule has 0 fully saturated rings. The number of allylic oxidation sites excluding steroid dienone is 1. The number of esters is 1. The Kier molecular flexibility index (Phi) is 4.10. The first-order chi connectivity index (χ1) is 11.5. The van der Waals surface area contributed by atoms with Gasteiger partial charge in [-0.05, 0) is 30.9 Å². The summed E-state index contributed by atoms with van der Waals surface area (Å²) in [7, 11) is 1.30. The summed E-state index contributed by atoms with van der Waals surface area (Å²) in [6, 6.07) is 3.74. The molecule has 1 atom stereocenters. The van der Waals surface area contributed by atoms with Gasteiger partial charge in [0.15, 0.2) is 11.5 Å². The van der Waals surface area contributed by atoms with E-state index < -0.39 is 12.0 Å². The van der Waals surface area contributed by atoms with Gasteiger partial charge in [-0.2, -0.15) is 4.98 Å². The molecule has 1 aromatic carbocycles. The van der Waals surface area contributed by atoms with E-state index >= 15 is 0 Å². The minimum Gasteiger partial charge on any atom is -0.504 e. The number of anilines is 1. The number of nitrogens with one attached hydrogen (secondary N) is 1. The zero-order valence-corrected chi connectivity index (χ0v) is 14.1. The average molecular weight is 348 g/mol. The molecule has 0 aliphatic carbocycles. The summed E-state index contributed by atoms with van der Waals surface area (Å²) in [5, 5.41) is 27.4. The lowest BCUT2D eigenvalue weighted by Crippen LogP contribution is -2.29. The molecule has 1 aromatic heterocycles. The lowest BCUT2D eigenvalue weighted by atomic mass is 9.95. The number of benzene rings is 1. The van der Waals surface area contributed by atoms with Crippen molar-refractivity contribution in [1.29, 1.82) is 0 Å². The highest BCUT2D eigenvalue weighted by Crippen LogP contribution is 2.38. The Bertz CT molecular complexity index is 846. The van der Waals surface area contributed by atoms with Gasteiger partial charge in [-0.3, -0.25) is 0 Å². The number of aromatic nitrogens is 3. The van der Waals surface area contributed by atoms with Crippen molar-refractivity contribution in [2.45, 2.75) is 18.1 Å². The minimum atomic E-state index is -0.631.